The number of rotatable bonds is 4. The Bertz CT molecular complexity index is 741. The Morgan fingerprint density at radius 3 is 2.40 bits per heavy atom. The summed E-state index contributed by atoms with van der Waals surface area (Å²) in [6, 6.07) is 12.4. The van der Waals surface area contributed by atoms with E-state index in [1.165, 1.54) is 11.3 Å². The molecule has 2 aromatic rings. The van der Waals surface area contributed by atoms with Crippen LogP contribution in [0.2, 0.25) is 0 Å². The van der Waals surface area contributed by atoms with E-state index in [9.17, 15) is 4.79 Å². The average Bonchev–Trinajstić information content (AvgIpc) is 2.59. The number of nitrogens with zero attached hydrogens (tertiary/aromatic N) is 1. The molecule has 0 radical (unpaired) electrons. The number of hydrogen-bond donors (Lipinski definition) is 1. The molecule has 1 N–H and O–H groups in total. The van der Waals surface area contributed by atoms with Gasteiger partial charge in [0, 0.05) is 24.5 Å². The molecule has 0 aliphatic carbocycles. The minimum Gasteiger partial charge on any atom is -0.378 e. The Labute approximate surface area is 149 Å². The summed E-state index contributed by atoms with van der Waals surface area (Å²) in [6.45, 7) is 9.52. The Kier molecular flexibility index (Phi) is 5.39. The fourth-order valence-corrected chi connectivity index (χ4v) is 3.33. The van der Waals surface area contributed by atoms with E-state index in [4.69, 9.17) is 4.74 Å². The molecular weight excluding hydrogens is 312 g/mol. The highest BCUT2D eigenvalue weighted by Gasteiger charge is 2.15. The molecule has 0 unspecified atom stereocenters. The Balaban J connectivity index is 1.72. The van der Waals surface area contributed by atoms with E-state index >= 15 is 0 Å². The van der Waals surface area contributed by atoms with E-state index in [-0.39, 0.29) is 5.91 Å². The molecule has 132 valence electrons. The third-order valence-corrected chi connectivity index (χ3v) is 4.61. The molecule has 0 spiro atoms. The maximum Gasteiger partial charge on any atom is 0.228 e. The van der Waals surface area contributed by atoms with Crippen LogP contribution in [0.25, 0.3) is 0 Å². The van der Waals surface area contributed by atoms with Gasteiger partial charge in [-0.25, -0.2) is 0 Å². The van der Waals surface area contributed by atoms with E-state index in [0.29, 0.717) is 6.42 Å². The van der Waals surface area contributed by atoms with Gasteiger partial charge >= 0.3 is 0 Å². The van der Waals surface area contributed by atoms with E-state index in [1.807, 2.05) is 25.1 Å². The number of carbonyl (C=O) groups excluding carboxylic acids is 1. The smallest absolute Gasteiger partial charge is 0.228 e. The van der Waals surface area contributed by atoms with Crippen molar-refractivity contribution in [1.82, 2.24) is 0 Å². The summed E-state index contributed by atoms with van der Waals surface area (Å²) in [6.07, 6.45) is 0.395. The predicted octanol–water partition coefficient (Wildman–Crippen LogP) is 3.63. The van der Waals surface area contributed by atoms with Crippen LogP contribution in [0.5, 0.6) is 0 Å². The summed E-state index contributed by atoms with van der Waals surface area (Å²) in [4.78, 5) is 14.8. The van der Waals surface area contributed by atoms with Crippen LogP contribution in [0, 0.1) is 20.8 Å². The monoisotopic (exact) mass is 338 g/mol. The van der Waals surface area contributed by atoms with Gasteiger partial charge in [0.05, 0.1) is 19.6 Å². The molecule has 2 aromatic carbocycles. The third-order valence-electron chi connectivity index (χ3n) is 4.61. The maximum absolute atomic E-state index is 12.4. The molecule has 3 rings (SSSR count). The molecule has 1 amide bonds. The minimum atomic E-state index is 0.0240. The fraction of sp³-hybridized carbons (Fsp3) is 0.381. The lowest BCUT2D eigenvalue weighted by molar-refractivity contribution is -0.115. The Morgan fingerprint density at radius 2 is 1.76 bits per heavy atom. The maximum atomic E-state index is 12.4. The van der Waals surface area contributed by atoms with E-state index in [1.54, 1.807) is 0 Å². The van der Waals surface area contributed by atoms with Crippen molar-refractivity contribution in [3.63, 3.8) is 0 Å². The van der Waals surface area contributed by atoms with E-state index in [0.717, 1.165) is 48.7 Å². The normalized spacial score (nSPS) is 14.4. The second kappa shape index (κ2) is 7.70. The van der Waals surface area contributed by atoms with Crippen molar-refractivity contribution in [1.29, 1.82) is 0 Å². The van der Waals surface area contributed by atoms with Gasteiger partial charge in [-0.3, -0.25) is 4.79 Å². The van der Waals surface area contributed by atoms with Crippen LogP contribution in [0.15, 0.2) is 36.4 Å². The van der Waals surface area contributed by atoms with Crippen LogP contribution in [0.3, 0.4) is 0 Å². The molecule has 0 atom stereocenters. The first-order chi connectivity index (χ1) is 12.0. The highest BCUT2D eigenvalue weighted by atomic mass is 16.5. The Morgan fingerprint density at radius 1 is 1.08 bits per heavy atom. The lowest BCUT2D eigenvalue weighted by atomic mass is 10.1. The number of amides is 1. The zero-order chi connectivity index (χ0) is 17.8. The van der Waals surface area contributed by atoms with Crippen molar-refractivity contribution >= 4 is 17.3 Å². The van der Waals surface area contributed by atoms with Gasteiger partial charge in [0.25, 0.3) is 0 Å². The Hall–Kier alpha value is -2.33. The van der Waals surface area contributed by atoms with Crippen LogP contribution in [-0.4, -0.2) is 32.2 Å². The van der Waals surface area contributed by atoms with Gasteiger partial charge < -0.3 is 15.0 Å². The number of aryl methyl sites for hydroxylation is 3. The highest BCUT2D eigenvalue weighted by Crippen LogP contribution is 2.28. The van der Waals surface area contributed by atoms with Crippen molar-refractivity contribution in [2.75, 3.05) is 36.5 Å². The molecule has 0 saturated carbocycles. The number of hydrogen-bond acceptors (Lipinski definition) is 3. The molecule has 1 heterocycles. The van der Waals surface area contributed by atoms with Crippen LogP contribution in [-0.2, 0) is 16.0 Å². The molecule has 25 heavy (non-hydrogen) atoms. The van der Waals surface area contributed by atoms with Gasteiger partial charge in [0.2, 0.25) is 5.91 Å². The average molecular weight is 338 g/mol. The number of morpholine rings is 1. The second-order valence-electron chi connectivity index (χ2n) is 6.77. The van der Waals surface area contributed by atoms with Gasteiger partial charge in [-0.2, -0.15) is 0 Å². The zero-order valence-electron chi connectivity index (χ0n) is 15.3. The van der Waals surface area contributed by atoms with Gasteiger partial charge in [-0.15, -0.1) is 0 Å². The lowest BCUT2D eigenvalue weighted by Crippen LogP contribution is -2.36. The summed E-state index contributed by atoms with van der Waals surface area (Å²) in [7, 11) is 0. The highest BCUT2D eigenvalue weighted by molar-refractivity contribution is 5.94. The van der Waals surface area contributed by atoms with E-state index < -0.39 is 0 Å². The first kappa shape index (κ1) is 17.5. The fourth-order valence-electron chi connectivity index (χ4n) is 3.33. The van der Waals surface area contributed by atoms with E-state index in [2.05, 4.69) is 42.3 Å². The van der Waals surface area contributed by atoms with Crippen molar-refractivity contribution < 1.29 is 9.53 Å². The molecule has 0 aromatic heterocycles. The lowest BCUT2D eigenvalue weighted by Gasteiger charge is -2.30. The molecule has 4 nitrogen and oxygen atoms in total. The third kappa shape index (κ3) is 4.40. The van der Waals surface area contributed by atoms with Gasteiger partial charge in [0.1, 0.15) is 0 Å². The summed E-state index contributed by atoms with van der Waals surface area (Å²) in [5.74, 6) is 0.0240. The largest absolute Gasteiger partial charge is 0.378 e. The second-order valence-corrected chi connectivity index (χ2v) is 6.77. The summed E-state index contributed by atoms with van der Waals surface area (Å²) >= 11 is 0. The van der Waals surface area contributed by atoms with Crippen LogP contribution in [0.1, 0.15) is 22.3 Å². The SMILES string of the molecule is Cc1cccc(CC(=O)Nc2c(C)cc(N3CCOCC3)cc2C)c1. The summed E-state index contributed by atoms with van der Waals surface area (Å²) in [5, 5.41) is 3.09. The minimum absolute atomic E-state index is 0.0240. The standard InChI is InChI=1S/C21H26N2O2/c1-15-5-4-6-18(11-15)14-20(24)22-21-16(2)12-19(13-17(21)3)23-7-9-25-10-8-23/h4-6,11-13H,7-10,14H2,1-3H3,(H,22,24). The number of nitrogens with one attached hydrogen (secondary N) is 1. The first-order valence-corrected chi connectivity index (χ1v) is 8.82. The van der Waals surface area contributed by atoms with Crippen molar-refractivity contribution in [2.24, 2.45) is 0 Å². The first-order valence-electron chi connectivity index (χ1n) is 8.82. The number of carbonyl (C=O) groups is 1. The van der Waals surface area contributed by atoms with Crippen LogP contribution < -0.4 is 10.2 Å². The molecule has 1 aliphatic rings. The molecular formula is C21H26N2O2. The molecule has 0 bridgehead atoms. The molecule has 1 saturated heterocycles. The molecule has 1 aliphatic heterocycles. The summed E-state index contributed by atoms with van der Waals surface area (Å²) < 4.78 is 5.42. The molecule has 4 heteroatoms. The van der Waals surface area contributed by atoms with Crippen molar-refractivity contribution in [2.45, 2.75) is 27.2 Å². The van der Waals surface area contributed by atoms with Crippen molar-refractivity contribution in [3.05, 3.63) is 58.7 Å². The van der Waals surface area contributed by atoms with Crippen LogP contribution in [0.4, 0.5) is 11.4 Å². The topological polar surface area (TPSA) is 41.6 Å². The zero-order valence-corrected chi connectivity index (χ0v) is 15.3. The van der Waals surface area contributed by atoms with Gasteiger partial charge in [0.15, 0.2) is 0 Å². The quantitative estimate of drug-likeness (QED) is 0.925. The number of anilines is 2. The number of ether oxygens (including phenoxy) is 1. The number of benzene rings is 2. The van der Waals surface area contributed by atoms with Gasteiger partial charge in [-0.05, 0) is 49.6 Å². The predicted molar refractivity (Wildman–Crippen MR) is 102 cm³/mol. The van der Waals surface area contributed by atoms with Gasteiger partial charge in [-0.1, -0.05) is 29.8 Å². The van der Waals surface area contributed by atoms with Crippen LogP contribution >= 0.6 is 0 Å². The molecule has 1 fully saturated rings. The van der Waals surface area contributed by atoms with Crippen molar-refractivity contribution in [3.8, 4) is 0 Å². The summed E-state index contributed by atoms with van der Waals surface area (Å²) in [5.41, 5.74) is 6.54.